The van der Waals surface area contributed by atoms with E-state index in [-0.39, 0.29) is 0 Å². The van der Waals surface area contributed by atoms with Crippen molar-refractivity contribution in [2.45, 2.75) is 25.7 Å². The second-order valence-electron chi connectivity index (χ2n) is 14.8. The van der Waals surface area contributed by atoms with Crippen LogP contribution in [0.5, 0.6) is 0 Å². The molecule has 240 valence electrons. The van der Waals surface area contributed by atoms with Gasteiger partial charge in [0.2, 0.25) is 0 Å². The number of fused-ring (bicyclic) bond motifs is 16. The highest BCUT2D eigenvalue weighted by molar-refractivity contribution is 6.27. The summed E-state index contributed by atoms with van der Waals surface area (Å²) in [5, 5.41) is 9.77. The van der Waals surface area contributed by atoms with Gasteiger partial charge in [0.25, 0.3) is 0 Å². The molecule has 8 bridgehead atoms. The molecule has 0 spiro atoms. The molecule has 4 nitrogen and oxygen atoms in total. The van der Waals surface area contributed by atoms with Crippen molar-refractivity contribution < 1.29 is 0 Å². The van der Waals surface area contributed by atoms with E-state index >= 15 is 0 Å². The largest absolute Gasteiger partial charge is 0.252 e. The molecular formula is C48H28N4. The molecule has 0 N–H and O–H groups in total. The fourth-order valence-corrected chi connectivity index (χ4v) is 9.92. The summed E-state index contributed by atoms with van der Waals surface area (Å²) in [7, 11) is 0. The lowest BCUT2D eigenvalue weighted by Crippen LogP contribution is -2.14. The molecule has 8 aromatic carbocycles. The molecule has 0 fully saturated rings. The maximum absolute atomic E-state index is 5.53. The fraction of sp³-hybridized carbons (Fsp3) is 0.0833. The van der Waals surface area contributed by atoms with Crippen LogP contribution in [-0.4, -0.2) is 22.8 Å². The fourth-order valence-electron chi connectivity index (χ4n) is 9.92. The van der Waals surface area contributed by atoms with Crippen LogP contribution < -0.4 is 0 Å². The van der Waals surface area contributed by atoms with Gasteiger partial charge < -0.3 is 0 Å². The van der Waals surface area contributed by atoms with Crippen LogP contribution in [0.2, 0.25) is 0 Å². The minimum Gasteiger partial charge on any atom is -0.252 e. The highest BCUT2D eigenvalue weighted by atomic mass is 14.9. The van der Waals surface area contributed by atoms with Crippen LogP contribution in [0, 0.1) is 0 Å². The summed E-state index contributed by atoms with van der Waals surface area (Å²) in [6.45, 7) is 0. The number of rotatable bonds is 0. The number of hydrogen-bond donors (Lipinski definition) is 0. The predicted molar refractivity (Wildman–Crippen MR) is 215 cm³/mol. The van der Waals surface area contributed by atoms with Gasteiger partial charge in [0.05, 0.1) is 45.6 Å². The Kier molecular flexibility index (Phi) is 5.04. The summed E-state index contributed by atoms with van der Waals surface area (Å²) >= 11 is 0. The van der Waals surface area contributed by atoms with E-state index in [1.165, 1.54) is 87.6 Å². The van der Waals surface area contributed by atoms with Gasteiger partial charge in [0, 0.05) is 47.9 Å². The van der Waals surface area contributed by atoms with E-state index in [0.717, 1.165) is 71.3 Å². The SMILES string of the molecule is c1ccc2c3c4c(cc2c1)N=C(C4)c1c2c(cc4ccccc14)N=C(C2)c1c2c(cc4ccccc14)N=C(C2)c1c2c(cc4ccccc14)N=C3C2. The first-order chi connectivity index (χ1) is 25.7. The first-order valence-corrected chi connectivity index (χ1v) is 18.2. The van der Waals surface area contributed by atoms with Crippen LogP contribution in [0.1, 0.15) is 44.5 Å². The van der Waals surface area contributed by atoms with E-state index in [2.05, 4.69) is 121 Å². The first kappa shape index (κ1) is 27.2. The van der Waals surface area contributed by atoms with Crippen molar-refractivity contribution in [3.63, 3.8) is 0 Å². The van der Waals surface area contributed by atoms with Gasteiger partial charge in [-0.15, -0.1) is 0 Å². The van der Waals surface area contributed by atoms with E-state index < -0.39 is 0 Å². The third-order valence-electron chi connectivity index (χ3n) is 12.1. The number of nitrogens with zero attached hydrogens (tertiary/aromatic N) is 4. The number of aliphatic imine (C=N–C) groups is 4. The van der Waals surface area contributed by atoms with E-state index in [9.17, 15) is 0 Å². The summed E-state index contributed by atoms with van der Waals surface area (Å²) < 4.78 is 0. The Labute approximate surface area is 299 Å². The van der Waals surface area contributed by atoms with E-state index in [1.807, 2.05) is 0 Å². The van der Waals surface area contributed by atoms with Gasteiger partial charge in [-0.1, -0.05) is 97.1 Å². The van der Waals surface area contributed by atoms with Gasteiger partial charge in [-0.2, -0.15) is 0 Å². The van der Waals surface area contributed by atoms with Crippen LogP contribution in [0.25, 0.3) is 43.1 Å². The van der Waals surface area contributed by atoms with Crippen LogP contribution in [-0.2, 0) is 25.7 Å². The standard InChI is InChI=1S/C48H28N4/c1-5-13-29-25(9-1)17-37-33-21-42(49-37)46-30-14-6-2-11-27(30)19-39-35(46)23-44(51-39)48-32-16-8-4-12-28(32)20-40-36(48)24-43(52-40)47-31-15-7-3-10-26(31)18-38-34(47)22-41(50-38)45(29)33/h1-20H,21-24H2. The molecule has 0 saturated heterocycles. The summed E-state index contributed by atoms with van der Waals surface area (Å²) in [6, 6.07) is 44.3. The summed E-state index contributed by atoms with van der Waals surface area (Å²) in [5.74, 6) is 0. The van der Waals surface area contributed by atoms with E-state index in [4.69, 9.17) is 20.0 Å². The molecule has 0 saturated carbocycles. The van der Waals surface area contributed by atoms with Gasteiger partial charge in [-0.3, -0.25) is 20.0 Å². The number of benzene rings is 8. The van der Waals surface area contributed by atoms with Crippen molar-refractivity contribution in [2.75, 3.05) is 0 Å². The van der Waals surface area contributed by atoms with Crippen molar-refractivity contribution in [3.05, 3.63) is 166 Å². The summed E-state index contributed by atoms with van der Waals surface area (Å²) in [4.78, 5) is 22.1. The molecular weight excluding hydrogens is 633 g/mol. The monoisotopic (exact) mass is 660 g/mol. The Hall–Kier alpha value is -6.52. The average molecular weight is 661 g/mol. The highest BCUT2D eigenvalue weighted by Crippen LogP contribution is 2.48. The zero-order valence-electron chi connectivity index (χ0n) is 28.2. The minimum atomic E-state index is 0.756. The molecule has 0 unspecified atom stereocenters. The van der Waals surface area contributed by atoms with Crippen molar-refractivity contribution in [2.24, 2.45) is 20.0 Å². The lowest BCUT2D eigenvalue weighted by Gasteiger charge is -2.16. The molecule has 4 heterocycles. The van der Waals surface area contributed by atoms with Crippen molar-refractivity contribution in [3.8, 4) is 0 Å². The second-order valence-corrected chi connectivity index (χ2v) is 14.8. The lowest BCUT2D eigenvalue weighted by molar-refractivity contribution is 1.31. The molecule has 0 atom stereocenters. The molecule has 5 aliphatic rings. The molecule has 1 aliphatic carbocycles. The van der Waals surface area contributed by atoms with Crippen molar-refractivity contribution in [1.82, 2.24) is 0 Å². The smallest absolute Gasteiger partial charge is 0.0682 e. The Morgan fingerprint density at radius 1 is 0.288 bits per heavy atom. The van der Waals surface area contributed by atoms with Gasteiger partial charge >= 0.3 is 0 Å². The molecule has 0 aromatic heterocycles. The van der Waals surface area contributed by atoms with Crippen molar-refractivity contribution >= 4 is 88.7 Å². The van der Waals surface area contributed by atoms with E-state index in [1.54, 1.807) is 0 Å². The maximum atomic E-state index is 5.53. The normalized spacial score (nSPS) is 15.8. The van der Waals surface area contributed by atoms with Crippen LogP contribution in [0.3, 0.4) is 0 Å². The lowest BCUT2D eigenvalue weighted by atomic mass is 9.84. The topological polar surface area (TPSA) is 49.4 Å². The Morgan fingerprint density at radius 2 is 0.519 bits per heavy atom. The van der Waals surface area contributed by atoms with Gasteiger partial charge in [0.1, 0.15) is 0 Å². The molecule has 13 rings (SSSR count). The molecule has 0 amide bonds. The molecule has 4 heteroatoms. The maximum Gasteiger partial charge on any atom is 0.0682 e. The van der Waals surface area contributed by atoms with Crippen LogP contribution in [0.4, 0.5) is 22.7 Å². The Balaban J connectivity index is 1.16. The molecule has 4 aliphatic heterocycles. The molecule has 52 heavy (non-hydrogen) atoms. The first-order valence-electron chi connectivity index (χ1n) is 18.2. The predicted octanol–water partition coefficient (Wildman–Crippen LogP) is 11.3. The van der Waals surface area contributed by atoms with Gasteiger partial charge in [-0.25, -0.2) is 0 Å². The van der Waals surface area contributed by atoms with Gasteiger partial charge in [0.15, 0.2) is 0 Å². The summed E-state index contributed by atoms with van der Waals surface area (Å²) in [6.07, 6.45) is 3.02. The molecule has 8 aromatic rings. The highest BCUT2D eigenvalue weighted by Gasteiger charge is 2.35. The second kappa shape index (κ2) is 9.62. The average Bonchev–Trinajstić information content (AvgIpc) is 3.98. The third-order valence-corrected chi connectivity index (χ3v) is 12.1. The molecule has 0 radical (unpaired) electrons. The van der Waals surface area contributed by atoms with Crippen LogP contribution in [0.15, 0.2) is 141 Å². The van der Waals surface area contributed by atoms with Crippen molar-refractivity contribution in [1.29, 1.82) is 0 Å². The third kappa shape index (κ3) is 3.51. The zero-order chi connectivity index (χ0) is 33.7. The minimum absolute atomic E-state index is 0.756. The number of hydrogen-bond acceptors (Lipinski definition) is 4. The van der Waals surface area contributed by atoms with Crippen LogP contribution >= 0.6 is 0 Å². The van der Waals surface area contributed by atoms with E-state index in [0.29, 0.717) is 0 Å². The summed E-state index contributed by atoms with van der Waals surface area (Å²) in [5.41, 5.74) is 18.8. The van der Waals surface area contributed by atoms with Gasteiger partial charge in [-0.05, 0) is 89.6 Å². The Morgan fingerprint density at radius 3 is 0.769 bits per heavy atom. The zero-order valence-corrected chi connectivity index (χ0v) is 28.2. The quantitative estimate of drug-likeness (QED) is 0.155. The Bertz CT molecular complexity index is 2740.